The molecule has 0 aliphatic heterocycles. The van der Waals surface area contributed by atoms with Crippen molar-refractivity contribution >= 4 is 55.7 Å². The van der Waals surface area contributed by atoms with Gasteiger partial charge in [-0.2, -0.15) is 0 Å². The van der Waals surface area contributed by atoms with E-state index in [1.54, 1.807) is 0 Å². The highest BCUT2D eigenvalue weighted by Gasteiger charge is 2.30. The minimum atomic E-state index is -0.0472. The van der Waals surface area contributed by atoms with E-state index in [0.29, 0.717) is 23.7 Å². The van der Waals surface area contributed by atoms with Crippen molar-refractivity contribution in [3.05, 3.63) is 167 Å². The zero-order valence-corrected chi connectivity index (χ0v) is 45.0. The smallest absolute Gasteiger partial charge is 0.0620 e. The Balaban J connectivity index is 1.18. The summed E-state index contributed by atoms with van der Waals surface area (Å²) in [5, 5.41) is 5.16. The van der Waals surface area contributed by atoms with Crippen LogP contribution >= 0.6 is 0 Å². The number of hydrogen-bond donors (Lipinski definition) is 0. The Labute approximate surface area is 434 Å². The average molecular weight is 953 g/mol. The van der Waals surface area contributed by atoms with Gasteiger partial charge in [0.25, 0.3) is 0 Å². The Morgan fingerprint density at radius 2 is 0.514 bits per heavy atom. The number of hydrogen-bond acceptors (Lipinski definition) is 2. The maximum atomic E-state index is 2.65. The van der Waals surface area contributed by atoms with Gasteiger partial charge in [-0.3, -0.25) is 0 Å². The summed E-state index contributed by atoms with van der Waals surface area (Å²) in [6.45, 7) is 14.3. The first-order valence-electron chi connectivity index (χ1n) is 29.0. The van der Waals surface area contributed by atoms with Crippen LogP contribution < -0.4 is 9.80 Å². The van der Waals surface area contributed by atoms with Gasteiger partial charge in [-0.15, -0.1) is 0 Å². The fourth-order valence-corrected chi connectivity index (χ4v) is 13.7. The molecule has 0 saturated heterocycles. The zero-order chi connectivity index (χ0) is 49.4. The summed E-state index contributed by atoms with van der Waals surface area (Å²) in [7, 11) is 0. The van der Waals surface area contributed by atoms with Gasteiger partial charge in [0.15, 0.2) is 0 Å². The summed E-state index contributed by atoms with van der Waals surface area (Å²) in [6.07, 6.45) is 26.7. The van der Waals surface area contributed by atoms with Crippen LogP contribution in [0.25, 0.3) is 21.5 Å². The predicted molar refractivity (Wildman–Crippen MR) is 312 cm³/mol. The maximum absolute atomic E-state index is 2.65. The lowest BCUT2D eigenvalue weighted by Gasteiger charge is -2.35. The van der Waals surface area contributed by atoms with E-state index in [4.69, 9.17) is 0 Å². The molecular weight excluding hydrogens is 869 g/mol. The van der Waals surface area contributed by atoms with Crippen LogP contribution in [-0.2, 0) is 10.8 Å². The Morgan fingerprint density at radius 1 is 0.278 bits per heavy atom. The molecule has 2 heteroatoms. The lowest BCUT2D eigenvalue weighted by atomic mass is 9.82. The van der Waals surface area contributed by atoms with E-state index in [1.807, 2.05) is 0 Å². The molecule has 7 aromatic rings. The van der Waals surface area contributed by atoms with Gasteiger partial charge in [-0.1, -0.05) is 191 Å². The Hall–Kier alpha value is -5.34. The molecule has 0 heterocycles. The van der Waals surface area contributed by atoms with E-state index in [-0.39, 0.29) is 10.8 Å². The lowest BCUT2D eigenvalue weighted by molar-refractivity contribution is 0.443. The minimum Gasteiger partial charge on any atom is -0.309 e. The molecule has 0 unspecified atom stereocenters. The molecule has 11 rings (SSSR count). The molecule has 7 aromatic carbocycles. The van der Waals surface area contributed by atoms with Crippen LogP contribution in [0.4, 0.5) is 34.1 Å². The van der Waals surface area contributed by atoms with Crippen LogP contribution in [0, 0.1) is 0 Å². The van der Waals surface area contributed by atoms with E-state index in [9.17, 15) is 0 Å². The summed E-state index contributed by atoms with van der Waals surface area (Å²) in [5.41, 5.74) is 16.1. The predicted octanol–water partition coefficient (Wildman–Crippen LogP) is 21.7. The van der Waals surface area contributed by atoms with Gasteiger partial charge in [0.1, 0.15) is 0 Å². The summed E-state index contributed by atoms with van der Waals surface area (Å²) >= 11 is 0. The van der Waals surface area contributed by atoms with E-state index in [2.05, 4.69) is 185 Å². The fourth-order valence-electron chi connectivity index (χ4n) is 13.7. The molecule has 0 atom stereocenters. The van der Waals surface area contributed by atoms with Gasteiger partial charge >= 0.3 is 0 Å². The van der Waals surface area contributed by atoms with Crippen molar-refractivity contribution in [1.82, 2.24) is 0 Å². The third-order valence-electron chi connectivity index (χ3n) is 18.2. The van der Waals surface area contributed by atoms with Gasteiger partial charge in [0.05, 0.1) is 11.4 Å². The van der Waals surface area contributed by atoms with Gasteiger partial charge in [0.2, 0.25) is 0 Å². The third kappa shape index (κ3) is 10.2. The van der Waals surface area contributed by atoms with Gasteiger partial charge in [-0.25, -0.2) is 0 Å². The Morgan fingerprint density at radius 3 is 0.736 bits per heavy atom. The van der Waals surface area contributed by atoms with Gasteiger partial charge in [0, 0.05) is 44.3 Å². The molecule has 0 N–H and O–H groups in total. The van der Waals surface area contributed by atoms with Crippen molar-refractivity contribution in [1.29, 1.82) is 0 Å². The standard InChI is InChI=1S/C70H84N2/c1-69(2,3)57-35-45-63-65(47-57)67(71(59-37-27-53(28-38-59)49-19-11-7-12-20-49)60-39-29-54(30-40-60)50-21-13-8-14-22-50)64-46-36-58(70(4,5)6)48-66(64)68(63)72(61-41-31-55(32-42-61)51-23-15-9-16-24-51)62-43-33-56(34-44-62)52-25-17-10-18-26-52/h27-52H,7-26H2,1-6H3. The topological polar surface area (TPSA) is 6.48 Å². The molecule has 374 valence electrons. The molecule has 4 saturated carbocycles. The summed E-state index contributed by atoms with van der Waals surface area (Å²) < 4.78 is 0. The van der Waals surface area contributed by atoms with Crippen LogP contribution in [0.3, 0.4) is 0 Å². The van der Waals surface area contributed by atoms with E-state index in [0.717, 1.165) is 0 Å². The second kappa shape index (κ2) is 20.9. The average Bonchev–Trinajstić information content (AvgIpc) is 3.42. The molecule has 4 aliphatic rings. The van der Waals surface area contributed by atoms with Crippen molar-refractivity contribution in [3.63, 3.8) is 0 Å². The molecule has 72 heavy (non-hydrogen) atoms. The maximum Gasteiger partial charge on any atom is 0.0620 e. The number of nitrogens with zero attached hydrogens (tertiary/aromatic N) is 2. The van der Waals surface area contributed by atoms with Crippen molar-refractivity contribution in [2.75, 3.05) is 9.80 Å². The molecule has 0 amide bonds. The third-order valence-corrected chi connectivity index (χ3v) is 18.2. The minimum absolute atomic E-state index is 0.0472. The molecule has 0 radical (unpaired) electrons. The van der Waals surface area contributed by atoms with E-state index >= 15 is 0 Å². The normalized spacial score (nSPS) is 18.2. The van der Waals surface area contributed by atoms with Crippen LogP contribution in [0.1, 0.15) is 227 Å². The molecule has 4 aliphatic carbocycles. The number of rotatable bonds is 10. The van der Waals surface area contributed by atoms with Gasteiger partial charge < -0.3 is 9.80 Å². The van der Waals surface area contributed by atoms with Crippen LogP contribution in [-0.4, -0.2) is 0 Å². The van der Waals surface area contributed by atoms with Crippen LogP contribution in [0.5, 0.6) is 0 Å². The molecule has 0 aromatic heterocycles. The monoisotopic (exact) mass is 953 g/mol. The Bertz CT molecular complexity index is 2590. The van der Waals surface area contributed by atoms with Gasteiger partial charge in [-0.05, 0) is 180 Å². The zero-order valence-electron chi connectivity index (χ0n) is 45.0. The SMILES string of the molecule is CC(C)(C)c1ccc2c(N(c3ccc(C4CCCCC4)cc3)c3ccc(C4CCCCC4)cc3)c3cc(C(C)(C)C)ccc3c(N(c3ccc(C4CCCCC4)cc3)c3ccc(C4CCCCC4)cc3)c2c1. The number of benzene rings is 7. The number of anilines is 6. The second-order valence-electron chi connectivity index (χ2n) is 25.1. The van der Waals surface area contributed by atoms with Crippen LogP contribution in [0.2, 0.25) is 0 Å². The molecule has 2 nitrogen and oxygen atoms in total. The molecule has 0 spiro atoms. The van der Waals surface area contributed by atoms with E-state index in [1.165, 1.54) is 217 Å². The lowest BCUT2D eigenvalue weighted by Crippen LogP contribution is -2.17. The summed E-state index contributed by atoms with van der Waals surface area (Å²) in [4.78, 5) is 5.30. The molecule has 0 bridgehead atoms. The quantitative estimate of drug-likeness (QED) is 0.0996. The highest BCUT2D eigenvalue weighted by atomic mass is 15.2. The highest BCUT2D eigenvalue weighted by molar-refractivity contribution is 6.23. The Kier molecular flexibility index (Phi) is 14.2. The summed E-state index contributed by atoms with van der Waals surface area (Å²) in [6, 6.07) is 54.4. The number of fused-ring (bicyclic) bond motifs is 2. The van der Waals surface area contributed by atoms with Crippen LogP contribution in [0.15, 0.2) is 133 Å². The molecular formula is C70H84N2. The van der Waals surface area contributed by atoms with Crippen molar-refractivity contribution in [2.24, 2.45) is 0 Å². The van der Waals surface area contributed by atoms with Crippen molar-refractivity contribution in [3.8, 4) is 0 Å². The van der Waals surface area contributed by atoms with Crippen molar-refractivity contribution in [2.45, 2.75) is 204 Å². The van der Waals surface area contributed by atoms with Crippen molar-refractivity contribution < 1.29 is 0 Å². The summed E-state index contributed by atoms with van der Waals surface area (Å²) in [5.74, 6) is 2.62. The first-order valence-corrected chi connectivity index (χ1v) is 29.0. The highest BCUT2D eigenvalue weighted by Crippen LogP contribution is 2.53. The fraction of sp³-hybridized carbons (Fsp3) is 0.457. The first kappa shape index (κ1) is 48.9. The van der Waals surface area contributed by atoms with E-state index < -0.39 is 0 Å². The second-order valence-corrected chi connectivity index (χ2v) is 25.1. The largest absolute Gasteiger partial charge is 0.309 e. The molecule has 4 fully saturated rings. The first-order chi connectivity index (χ1) is 35.0.